The van der Waals surface area contributed by atoms with E-state index < -0.39 is 23.0 Å². The number of benzene rings is 2. The van der Waals surface area contributed by atoms with Crippen LogP contribution in [0.4, 0.5) is 8.78 Å². The van der Waals surface area contributed by atoms with E-state index >= 15 is 0 Å². The number of pyridine rings is 1. The van der Waals surface area contributed by atoms with E-state index in [1.165, 1.54) is 6.07 Å². The minimum atomic E-state index is -0.973. The highest BCUT2D eigenvalue weighted by Gasteiger charge is 2.48. The molecule has 1 fully saturated rings. The van der Waals surface area contributed by atoms with Gasteiger partial charge in [0.05, 0.1) is 17.1 Å². The molecule has 0 atom stereocenters. The van der Waals surface area contributed by atoms with Crippen molar-refractivity contribution in [1.82, 2.24) is 14.8 Å². The number of carboxylic acid groups (broad SMARTS) is 1. The lowest BCUT2D eigenvalue weighted by Crippen LogP contribution is -2.46. The third-order valence-corrected chi connectivity index (χ3v) is 6.82. The highest BCUT2D eigenvalue weighted by Crippen LogP contribution is 2.50. The molecule has 0 spiro atoms. The van der Waals surface area contributed by atoms with Gasteiger partial charge in [-0.1, -0.05) is 19.9 Å². The fourth-order valence-corrected chi connectivity index (χ4v) is 5.09. The molecule has 0 bridgehead atoms. The standard InChI is InChI=1S/C25H23F2N3O3/c1-12(2)22-21(13-4-5-18(26)19(27)7-13)16-6-14-11-28-29-20(14)8-17(16)23(31)30(22)15-9-25(3,10-15)24(32)33/h4-8,11-12,15H,9-10H2,1-3H3,(H,28,29)(H,32,33). The van der Waals surface area contributed by atoms with Crippen LogP contribution in [0.5, 0.6) is 0 Å². The zero-order chi connectivity index (χ0) is 23.7. The molecule has 4 aromatic rings. The first kappa shape index (κ1) is 21.3. The van der Waals surface area contributed by atoms with E-state index in [9.17, 15) is 23.5 Å². The van der Waals surface area contributed by atoms with E-state index in [4.69, 9.17) is 0 Å². The van der Waals surface area contributed by atoms with Gasteiger partial charge in [0.2, 0.25) is 0 Å². The molecule has 0 aliphatic heterocycles. The molecule has 0 amide bonds. The predicted octanol–water partition coefficient (Wildman–Crippen LogP) is 5.37. The minimum Gasteiger partial charge on any atom is -0.481 e. The fourth-order valence-electron chi connectivity index (χ4n) is 5.09. The van der Waals surface area contributed by atoms with E-state index in [0.717, 1.165) is 17.5 Å². The fraction of sp³-hybridized carbons (Fsp3) is 0.320. The van der Waals surface area contributed by atoms with Crippen molar-refractivity contribution >= 4 is 27.6 Å². The molecule has 170 valence electrons. The Bertz CT molecular complexity index is 1500. The summed E-state index contributed by atoms with van der Waals surface area (Å²) in [6.07, 6.45) is 2.28. The van der Waals surface area contributed by atoms with Gasteiger partial charge >= 0.3 is 5.97 Å². The van der Waals surface area contributed by atoms with Crippen LogP contribution in [0.25, 0.3) is 32.8 Å². The molecule has 2 aromatic carbocycles. The number of H-pyrrole nitrogens is 1. The lowest BCUT2D eigenvalue weighted by Gasteiger charge is -2.44. The monoisotopic (exact) mass is 451 g/mol. The summed E-state index contributed by atoms with van der Waals surface area (Å²) in [5, 5.41) is 18.3. The number of hydrogen-bond donors (Lipinski definition) is 2. The molecule has 0 radical (unpaired) electrons. The van der Waals surface area contributed by atoms with Crippen molar-refractivity contribution in [2.24, 2.45) is 5.41 Å². The van der Waals surface area contributed by atoms with Crippen LogP contribution >= 0.6 is 0 Å². The predicted molar refractivity (Wildman–Crippen MR) is 121 cm³/mol. The summed E-state index contributed by atoms with van der Waals surface area (Å²) in [7, 11) is 0. The van der Waals surface area contributed by atoms with Crippen LogP contribution in [0.2, 0.25) is 0 Å². The Hall–Kier alpha value is -3.55. The summed E-state index contributed by atoms with van der Waals surface area (Å²) in [4.78, 5) is 25.5. The number of halogens is 2. The van der Waals surface area contributed by atoms with Crippen molar-refractivity contribution in [3.05, 3.63) is 64.2 Å². The number of aliphatic carboxylic acids is 1. The van der Waals surface area contributed by atoms with Gasteiger partial charge in [-0.2, -0.15) is 5.10 Å². The number of fused-ring (bicyclic) bond motifs is 2. The summed E-state index contributed by atoms with van der Waals surface area (Å²) < 4.78 is 29.7. The average Bonchev–Trinajstić information content (AvgIpc) is 3.20. The normalized spacial score (nSPS) is 20.5. The molecule has 1 aliphatic carbocycles. The SMILES string of the molecule is CC(C)c1c(-c2ccc(F)c(F)c2)c2cc3cn[nH]c3cc2c(=O)n1C1CC(C)(C(=O)O)C1. The van der Waals surface area contributed by atoms with Crippen molar-refractivity contribution in [2.45, 2.75) is 45.6 Å². The molecule has 6 nitrogen and oxygen atoms in total. The first-order valence-electron chi connectivity index (χ1n) is 10.8. The molecule has 2 aromatic heterocycles. The summed E-state index contributed by atoms with van der Waals surface area (Å²) in [6, 6.07) is 6.99. The Balaban J connectivity index is 1.88. The smallest absolute Gasteiger partial charge is 0.309 e. The number of aromatic amines is 1. The van der Waals surface area contributed by atoms with Crippen molar-refractivity contribution in [3.8, 4) is 11.1 Å². The van der Waals surface area contributed by atoms with Crippen molar-refractivity contribution in [2.75, 3.05) is 0 Å². The molecule has 5 rings (SSSR count). The second kappa shape index (κ2) is 7.23. The summed E-state index contributed by atoms with van der Waals surface area (Å²) in [6.45, 7) is 5.55. The highest BCUT2D eigenvalue weighted by atomic mass is 19.2. The second-order valence-corrected chi connectivity index (χ2v) is 9.50. The van der Waals surface area contributed by atoms with Crippen molar-refractivity contribution in [3.63, 3.8) is 0 Å². The molecule has 2 N–H and O–H groups in total. The lowest BCUT2D eigenvalue weighted by molar-refractivity contribution is -0.155. The molecule has 2 heterocycles. The van der Waals surface area contributed by atoms with Gasteiger partial charge in [-0.15, -0.1) is 0 Å². The van der Waals surface area contributed by atoms with Gasteiger partial charge in [-0.05, 0) is 60.9 Å². The van der Waals surface area contributed by atoms with E-state index in [1.54, 1.807) is 23.8 Å². The van der Waals surface area contributed by atoms with Crippen molar-refractivity contribution in [1.29, 1.82) is 0 Å². The van der Waals surface area contributed by atoms with E-state index in [2.05, 4.69) is 10.2 Å². The Kier molecular flexibility index (Phi) is 4.67. The zero-order valence-corrected chi connectivity index (χ0v) is 18.4. The Morgan fingerprint density at radius 1 is 1.18 bits per heavy atom. The van der Waals surface area contributed by atoms with Crippen molar-refractivity contribution < 1.29 is 18.7 Å². The van der Waals surface area contributed by atoms with Crippen LogP contribution in [0.1, 0.15) is 51.3 Å². The highest BCUT2D eigenvalue weighted by molar-refractivity contribution is 6.04. The molecule has 33 heavy (non-hydrogen) atoms. The molecule has 8 heteroatoms. The van der Waals surface area contributed by atoms with Crippen LogP contribution in [-0.2, 0) is 4.79 Å². The van der Waals surface area contributed by atoms with E-state index in [0.29, 0.717) is 46.0 Å². The molecule has 0 saturated heterocycles. The first-order chi connectivity index (χ1) is 15.6. The molecule has 1 saturated carbocycles. The Morgan fingerprint density at radius 3 is 2.55 bits per heavy atom. The Morgan fingerprint density at radius 2 is 1.91 bits per heavy atom. The van der Waals surface area contributed by atoms with Crippen LogP contribution < -0.4 is 5.56 Å². The maximum atomic E-state index is 14.3. The van der Waals surface area contributed by atoms with Gasteiger partial charge in [-0.3, -0.25) is 14.7 Å². The quantitative estimate of drug-likeness (QED) is 0.437. The number of rotatable bonds is 4. The number of nitrogens with one attached hydrogen (secondary N) is 1. The topological polar surface area (TPSA) is 88.0 Å². The largest absolute Gasteiger partial charge is 0.481 e. The van der Waals surface area contributed by atoms with Gasteiger partial charge < -0.3 is 9.67 Å². The number of nitrogens with zero attached hydrogens (tertiary/aromatic N) is 2. The van der Waals surface area contributed by atoms with Gasteiger partial charge in [0.15, 0.2) is 11.6 Å². The summed E-state index contributed by atoms with van der Waals surface area (Å²) >= 11 is 0. The molecule has 0 unspecified atom stereocenters. The van der Waals surface area contributed by atoms with E-state index in [-0.39, 0.29) is 17.5 Å². The maximum Gasteiger partial charge on any atom is 0.309 e. The Labute approximate surface area is 187 Å². The number of hydrogen-bond acceptors (Lipinski definition) is 3. The van der Waals surface area contributed by atoms with Gasteiger partial charge in [0.25, 0.3) is 5.56 Å². The number of aromatic nitrogens is 3. The molecular formula is C25H23F2N3O3. The summed E-state index contributed by atoms with van der Waals surface area (Å²) in [5.74, 6) is -2.95. The van der Waals surface area contributed by atoms with Crippen LogP contribution in [0, 0.1) is 17.0 Å². The van der Waals surface area contributed by atoms with Gasteiger partial charge in [0.1, 0.15) is 0 Å². The molecular weight excluding hydrogens is 428 g/mol. The number of carboxylic acids is 1. The lowest BCUT2D eigenvalue weighted by atomic mass is 9.66. The molecule has 1 aliphatic rings. The van der Waals surface area contributed by atoms with Gasteiger partial charge in [0, 0.05) is 28.1 Å². The van der Waals surface area contributed by atoms with Crippen LogP contribution in [0.15, 0.2) is 41.3 Å². The third-order valence-electron chi connectivity index (χ3n) is 6.82. The summed E-state index contributed by atoms with van der Waals surface area (Å²) in [5.41, 5.74) is 1.34. The van der Waals surface area contributed by atoms with E-state index in [1.807, 2.05) is 19.9 Å². The van der Waals surface area contributed by atoms with Crippen LogP contribution in [-0.4, -0.2) is 25.8 Å². The minimum absolute atomic E-state index is 0.137. The maximum absolute atomic E-state index is 14.3. The zero-order valence-electron chi connectivity index (χ0n) is 18.4. The van der Waals surface area contributed by atoms with Gasteiger partial charge in [-0.25, -0.2) is 8.78 Å². The first-order valence-corrected chi connectivity index (χ1v) is 10.8. The average molecular weight is 451 g/mol. The third kappa shape index (κ3) is 3.15. The second-order valence-electron chi connectivity index (χ2n) is 9.50. The van der Waals surface area contributed by atoms with Crippen LogP contribution in [0.3, 0.4) is 0 Å². The number of carbonyl (C=O) groups is 1.